The molecule has 1 aromatic carbocycles. The van der Waals surface area contributed by atoms with E-state index in [1.54, 1.807) is 6.20 Å². The summed E-state index contributed by atoms with van der Waals surface area (Å²) in [6, 6.07) is 17.5. The second-order valence-electron chi connectivity index (χ2n) is 7.62. The van der Waals surface area contributed by atoms with Crippen LogP contribution in [0.5, 0.6) is 5.88 Å². The van der Waals surface area contributed by atoms with Gasteiger partial charge in [0.25, 0.3) is 0 Å². The third-order valence-corrected chi connectivity index (χ3v) is 4.69. The van der Waals surface area contributed by atoms with Crippen molar-refractivity contribution in [2.45, 2.75) is 47.5 Å². The molecule has 4 N–H and O–H groups in total. The van der Waals surface area contributed by atoms with Crippen LogP contribution in [-0.2, 0) is 0 Å². The average Bonchev–Trinajstić information content (AvgIpc) is 2.88. The Hall–Kier alpha value is -3.61. The van der Waals surface area contributed by atoms with Crippen molar-refractivity contribution in [3.8, 4) is 5.88 Å². The maximum absolute atomic E-state index is 6.92. The van der Waals surface area contributed by atoms with Crippen LogP contribution < -0.4 is 20.7 Å². The number of hydrogen-bond donors (Lipinski definition) is 3. The quantitative estimate of drug-likeness (QED) is 0.224. The highest BCUT2D eigenvalue weighted by Crippen LogP contribution is 2.23. The molecule has 0 saturated heterocycles. The predicted octanol–water partition coefficient (Wildman–Crippen LogP) is 6.19. The van der Waals surface area contributed by atoms with Gasteiger partial charge in [0.2, 0.25) is 5.88 Å². The van der Waals surface area contributed by atoms with Gasteiger partial charge >= 0.3 is 0 Å². The molecule has 0 aliphatic carbocycles. The molecule has 3 aromatic rings. The highest BCUT2D eigenvalue weighted by molar-refractivity contribution is 5.76. The minimum atomic E-state index is 0.484. The van der Waals surface area contributed by atoms with Gasteiger partial charge in [-0.15, -0.1) is 0 Å². The summed E-state index contributed by atoms with van der Waals surface area (Å²) in [7, 11) is 0. The van der Waals surface area contributed by atoms with E-state index in [0.717, 1.165) is 43.0 Å². The third kappa shape index (κ3) is 11.9. The SMILES string of the molecule is CC.CCCN(CCC)c1cc(N)nc(OCCNc2ccccn2)c1.Cc1cccc(C=N)c1. The Kier molecular flexibility index (Phi) is 15.0. The lowest BCUT2D eigenvalue weighted by molar-refractivity contribution is 0.320. The lowest BCUT2D eigenvalue weighted by Crippen LogP contribution is -2.25. The van der Waals surface area contributed by atoms with E-state index in [1.807, 2.05) is 75.4 Å². The van der Waals surface area contributed by atoms with Crippen LogP contribution >= 0.6 is 0 Å². The highest BCUT2D eigenvalue weighted by Gasteiger charge is 2.09. The zero-order valence-electron chi connectivity index (χ0n) is 21.9. The van der Waals surface area contributed by atoms with E-state index in [2.05, 4.69) is 34.0 Å². The van der Waals surface area contributed by atoms with Crippen LogP contribution in [0.1, 0.15) is 51.7 Å². The van der Waals surface area contributed by atoms with Crippen LogP contribution in [0.4, 0.5) is 17.3 Å². The molecule has 7 heteroatoms. The van der Waals surface area contributed by atoms with Gasteiger partial charge in [0, 0.05) is 43.3 Å². The van der Waals surface area contributed by atoms with Crippen molar-refractivity contribution in [1.82, 2.24) is 9.97 Å². The number of anilines is 3. The molecule has 0 unspecified atom stereocenters. The lowest BCUT2D eigenvalue weighted by Gasteiger charge is -2.24. The molecule has 7 nitrogen and oxygen atoms in total. The normalized spacial score (nSPS) is 9.63. The van der Waals surface area contributed by atoms with Gasteiger partial charge in [-0.05, 0) is 37.5 Å². The summed E-state index contributed by atoms with van der Waals surface area (Å²) in [6.07, 6.45) is 5.29. The van der Waals surface area contributed by atoms with E-state index in [0.29, 0.717) is 24.8 Å². The number of aromatic nitrogens is 2. The Morgan fingerprint density at radius 3 is 2.34 bits per heavy atom. The first kappa shape index (κ1) is 29.4. The number of aryl methyl sites for hydroxylation is 1. The van der Waals surface area contributed by atoms with Crippen molar-refractivity contribution >= 4 is 23.5 Å². The fraction of sp³-hybridized carbons (Fsp3) is 0.393. The molecule has 35 heavy (non-hydrogen) atoms. The van der Waals surface area contributed by atoms with Gasteiger partial charge in [-0.3, -0.25) is 0 Å². The summed E-state index contributed by atoms with van der Waals surface area (Å²) in [5.41, 5.74) is 9.18. The van der Waals surface area contributed by atoms with Gasteiger partial charge in [0.05, 0.1) is 6.54 Å². The Labute approximate surface area is 211 Å². The molecule has 0 amide bonds. The Bertz CT molecular complexity index is 959. The highest BCUT2D eigenvalue weighted by atomic mass is 16.5. The number of nitrogens with zero attached hydrogens (tertiary/aromatic N) is 3. The fourth-order valence-corrected chi connectivity index (χ4v) is 3.24. The van der Waals surface area contributed by atoms with E-state index in [4.69, 9.17) is 15.9 Å². The molecule has 2 heterocycles. The monoisotopic (exact) mass is 478 g/mol. The minimum absolute atomic E-state index is 0.484. The molecule has 0 aliphatic heterocycles. The van der Waals surface area contributed by atoms with Gasteiger partial charge in [-0.2, -0.15) is 4.98 Å². The molecule has 0 spiro atoms. The summed E-state index contributed by atoms with van der Waals surface area (Å²) in [4.78, 5) is 10.8. The molecule has 190 valence electrons. The van der Waals surface area contributed by atoms with Crippen molar-refractivity contribution in [3.05, 3.63) is 71.9 Å². The summed E-state index contributed by atoms with van der Waals surface area (Å²) >= 11 is 0. The zero-order chi connectivity index (χ0) is 25.9. The number of benzene rings is 1. The Morgan fingerprint density at radius 1 is 1.03 bits per heavy atom. The molecule has 0 radical (unpaired) electrons. The molecule has 3 rings (SSSR count). The van der Waals surface area contributed by atoms with Gasteiger partial charge in [0.1, 0.15) is 18.2 Å². The van der Waals surface area contributed by atoms with Gasteiger partial charge in [0.15, 0.2) is 0 Å². The first-order valence-electron chi connectivity index (χ1n) is 12.4. The summed E-state index contributed by atoms with van der Waals surface area (Å²) in [5, 5.41) is 10.1. The Balaban J connectivity index is 0.000000464. The standard InChI is InChI=1S/C18H27N5O.C8H9N.C2H6/c1-3-10-23(11-4-2)15-13-16(19)22-18(14-15)24-12-9-21-17-7-5-6-8-20-17;1-7-3-2-4-8(5-7)6-9;1-2/h5-8,13-14H,3-4,9-12H2,1-2H3,(H2,19,22)(H,20,21);2-6,9H,1H3;1-2H3. The number of nitrogen functional groups attached to an aromatic ring is 1. The van der Waals surface area contributed by atoms with Crippen LogP contribution in [0.25, 0.3) is 0 Å². The third-order valence-electron chi connectivity index (χ3n) is 4.69. The zero-order valence-corrected chi connectivity index (χ0v) is 21.9. The van der Waals surface area contributed by atoms with Crippen LogP contribution in [0.2, 0.25) is 0 Å². The second kappa shape index (κ2) is 17.8. The average molecular weight is 479 g/mol. The molecular weight excluding hydrogens is 436 g/mol. The number of rotatable bonds is 11. The minimum Gasteiger partial charge on any atom is -0.476 e. The maximum atomic E-state index is 6.92. The molecule has 0 saturated carbocycles. The van der Waals surface area contributed by atoms with Crippen LogP contribution in [0.3, 0.4) is 0 Å². The van der Waals surface area contributed by atoms with Crippen LogP contribution in [-0.4, -0.2) is 42.4 Å². The first-order chi connectivity index (χ1) is 17.0. The number of hydrogen-bond acceptors (Lipinski definition) is 7. The van der Waals surface area contributed by atoms with Crippen molar-refractivity contribution in [3.63, 3.8) is 0 Å². The molecule has 2 aromatic heterocycles. The van der Waals surface area contributed by atoms with E-state index in [-0.39, 0.29) is 0 Å². The number of nitrogens with two attached hydrogens (primary N) is 1. The van der Waals surface area contributed by atoms with Gasteiger partial charge < -0.3 is 26.1 Å². The van der Waals surface area contributed by atoms with Crippen LogP contribution in [0, 0.1) is 12.3 Å². The smallest absolute Gasteiger partial charge is 0.217 e. The maximum Gasteiger partial charge on any atom is 0.217 e. The first-order valence-corrected chi connectivity index (χ1v) is 12.4. The van der Waals surface area contributed by atoms with Crippen molar-refractivity contribution < 1.29 is 4.74 Å². The van der Waals surface area contributed by atoms with Crippen molar-refractivity contribution in [2.24, 2.45) is 0 Å². The number of ether oxygens (including phenoxy) is 1. The topological polar surface area (TPSA) is 100 Å². The van der Waals surface area contributed by atoms with Gasteiger partial charge in [-0.1, -0.05) is 63.6 Å². The summed E-state index contributed by atoms with van der Waals surface area (Å²) < 4.78 is 5.75. The fourth-order valence-electron chi connectivity index (χ4n) is 3.24. The van der Waals surface area contributed by atoms with E-state index in [1.165, 1.54) is 11.8 Å². The molecular formula is C28H42N6O. The molecule has 0 fully saturated rings. The Morgan fingerprint density at radius 2 is 1.77 bits per heavy atom. The second-order valence-corrected chi connectivity index (χ2v) is 7.62. The van der Waals surface area contributed by atoms with Gasteiger partial charge in [-0.25, -0.2) is 4.98 Å². The number of nitrogens with one attached hydrogen (secondary N) is 2. The van der Waals surface area contributed by atoms with E-state index in [9.17, 15) is 0 Å². The summed E-state index contributed by atoms with van der Waals surface area (Å²) in [5.74, 6) is 1.88. The molecule has 0 atom stereocenters. The van der Waals surface area contributed by atoms with Crippen molar-refractivity contribution in [2.75, 3.05) is 42.2 Å². The molecule has 0 aliphatic rings. The molecule has 0 bridgehead atoms. The van der Waals surface area contributed by atoms with E-state index >= 15 is 0 Å². The predicted molar refractivity (Wildman–Crippen MR) is 150 cm³/mol. The lowest BCUT2D eigenvalue weighted by atomic mass is 10.2. The summed E-state index contributed by atoms with van der Waals surface area (Å²) in [6.45, 7) is 13.5. The number of pyridine rings is 2. The van der Waals surface area contributed by atoms with Crippen LogP contribution in [0.15, 0.2) is 60.8 Å². The largest absolute Gasteiger partial charge is 0.476 e. The van der Waals surface area contributed by atoms with Crippen molar-refractivity contribution in [1.29, 1.82) is 5.41 Å². The van der Waals surface area contributed by atoms with E-state index < -0.39 is 0 Å².